The number of nitrogens with one attached hydrogen (secondary N) is 2. The van der Waals surface area contributed by atoms with Gasteiger partial charge in [0.25, 0.3) is 0 Å². The molecule has 0 amide bonds. The van der Waals surface area contributed by atoms with E-state index in [1.165, 1.54) is 22.4 Å². The SMILES string of the molecule is CN=C(NCc1ccccc1CN1CCOCC1)NC(C)Cc1c(C)nn(C)c1C. The third-order valence-electron chi connectivity index (χ3n) is 5.84. The molecular weight excluding hydrogens is 376 g/mol. The highest BCUT2D eigenvalue weighted by atomic mass is 16.5. The number of ether oxygens (including phenoxy) is 1. The molecular formula is C23H36N6O. The number of aromatic nitrogens is 2. The molecule has 7 nitrogen and oxygen atoms in total. The second-order valence-corrected chi connectivity index (χ2v) is 8.11. The van der Waals surface area contributed by atoms with Crippen LogP contribution in [-0.4, -0.2) is 60.0 Å². The summed E-state index contributed by atoms with van der Waals surface area (Å²) >= 11 is 0. The predicted molar refractivity (Wildman–Crippen MR) is 122 cm³/mol. The largest absolute Gasteiger partial charge is 0.379 e. The fraction of sp³-hybridized carbons (Fsp3) is 0.565. The Balaban J connectivity index is 1.56. The topological polar surface area (TPSA) is 66.7 Å². The molecule has 2 N–H and O–H groups in total. The van der Waals surface area contributed by atoms with E-state index in [4.69, 9.17) is 4.74 Å². The molecule has 1 aromatic heterocycles. The fourth-order valence-corrected chi connectivity index (χ4v) is 3.96. The second kappa shape index (κ2) is 10.6. The lowest BCUT2D eigenvalue weighted by atomic mass is 10.1. The standard InChI is InChI=1S/C23H36N6O/c1-17(14-22-18(2)27-28(5)19(22)3)26-23(24-4)25-15-20-8-6-7-9-21(20)16-29-10-12-30-13-11-29/h6-9,17H,10-16H2,1-5H3,(H2,24,25,26). The van der Waals surface area contributed by atoms with E-state index >= 15 is 0 Å². The summed E-state index contributed by atoms with van der Waals surface area (Å²) < 4.78 is 7.43. The first-order valence-corrected chi connectivity index (χ1v) is 10.8. The fourth-order valence-electron chi connectivity index (χ4n) is 3.96. The van der Waals surface area contributed by atoms with Crippen LogP contribution in [0.4, 0.5) is 0 Å². The van der Waals surface area contributed by atoms with Crippen molar-refractivity contribution in [2.75, 3.05) is 33.4 Å². The van der Waals surface area contributed by atoms with Gasteiger partial charge in [-0.1, -0.05) is 24.3 Å². The Morgan fingerprint density at radius 2 is 1.90 bits per heavy atom. The molecule has 1 aliphatic rings. The van der Waals surface area contributed by atoms with Gasteiger partial charge in [-0.3, -0.25) is 14.6 Å². The van der Waals surface area contributed by atoms with Crippen LogP contribution in [0.5, 0.6) is 0 Å². The van der Waals surface area contributed by atoms with Crippen molar-refractivity contribution in [3.8, 4) is 0 Å². The highest BCUT2D eigenvalue weighted by Gasteiger charge is 2.15. The Bertz CT molecular complexity index is 853. The van der Waals surface area contributed by atoms with Crippen molar-refractivity contribution in [1.82, 2.24) is 25.3 Å². The number of hydrogen-bond donors (Lipinski definition) is 2. The van der Waals surface area contributed by atoms with Crippen molar-refractivity contribution in [3.05, 3.63) is 52.3 Å². The Morgan fingerprint density at radius 1 is 1.20 bits per heavy atom. The maximum atomic E-state index is 5.47. The quantitative estimate of drug-likeness (QED) is 0.539. The number of benzene rings is 1. The molecule has 7 heteroatoms. The first kappa shape index (κ1) is 22.3. The van der Waals surface area contributed by atoms with Crippen molar-refractivity contribution in [1.29, 1.82) is 0 Å². The van der Waals surface area contributed by atoms with Gasteiger partial charge >= 0.3 is 0 Å². The molecule has 0 aliphatic carbocycles. The summed E-state index contributed by atoms with van der Waals surface area (Å²) in [5.41, 5.74) is 6.30. The van der Waals surface area contributed by atoms with Gasteiger partial charge in [-0.2, -0.15) is 5.10 Å². The molecule has 1 fully saturated rings. The molecule has 1 aromatic carbocycles. The molecule has 1 atom stereocenters. The van der Waals surface area contributed by atoms with Crippen LogP contribution in [0.25, 0.3) is 0 Å². The van der Waals surface area contributed by atoms with Crippen LogP contribution in [0, 0.1) is 13.8 Å². The van der Waals surface area contributed by atoms with Crippen molar-refractivity contribution in [2.45, 2.75) is 46.3 Å². The molecule has 1 aliphatic heterocycles. The van der Waals surface area contributed by atoms with Crippen LogP contribution in [0.15, 0.2) is 29.3 Å². The number of aliphatic imine (C=N–C) groups is 1. The zero-order valence-corrected chi connectivity index (χ0v) is 19.0. The van der Waals surface area contributed by atoms with Crippen molar-refractivity contribution >= 4 is 5.96 Å². The van der Waals surface area contributed by atoms with E-state index in [1.807, 2.05) is 18.8 Å². The van der Waals surface area contributed by atoms with E-state index in [1.54, 1.807) is 0 Å². The number of morpholine rings is 1. The highest BCUT2D eigenvalue weighted by molar-refractivity contribution is 5.80. The molecule has 30 heavy (non-hydrogen) atoms. The zero-order valence-electron chi connectivity index (χ0n) is 19.0. The van der Waals surface area contributed by atoms with Gasteiger partial charge in [0.05, 0.1) is 18.9 Å². The minimum absolute atomic E-state index is 0.251. The molecule has 2 heterocycles. The maximum absolute atomic E-state index is 5.47. The highest BCUT2D eigenvalue weighted by Crippen LogP contribution is 2.15. The van der Waals surface area contributed by atoms with Crippen LogP contribution in [0.1, 0.15) is 35.0 Å². The summed E-state index contributed by atoms with van der Waals surface area (Å²) in [7, 11) is 3.82. The molecule has 164 valence electrons. The zero-order chi connectivity index (χ0) is 21.5. The van der Waals surface area contributed by atoms with Gasteiger partial charge in [0.1, 0.15) is 0 Å². The normalized spacial score (nSPS) is 16.5. The lowest BCUT2D eigenvalue weighted by molar-refractivity contribution is 0.0341. The van der Waals surface area contributed by atoms with Gasteiger partial charge in [0, 0.05) is 52.0 Å². The third kappa shape index (κ3) is 5.83. The number of rotatable bonds is 7. The summed E-state index contributed by atoms with van der Waals surface area (Å²) in [5.74, 6) is 0.822. The van der Waals surface area contributed by atoms with Crippen LogP contribution in [-0.2, 0) is 31.3 Å². The monoisotopic (exact) mass is 412 g/mol. The Hall–Kier alpha value is -2.38. The third-order valence-corrected chi connectivity index (χ3v) is 5.84. The summed E-state index contributed by atoms with van der Waals surface area (Å²) in [6.45, 7) is 11.7. The van der Waals surface area contributed by atoms with Crippen molar-refractivity contribution in [3.63, 3.8) is 0 Å². The van der Waals surface area contributed by atoms with Crippen molar-refractivity contribution in [2.24, 2.45) is 12.0 Å². The smallest absolute Gasteiger partial charge is 0.191 e. The van der Waals surface area contributed by atoms with E-state index in [9.17, 15) is 0 Å². The average molecular weight is 413 g/mol. The number of nitrogens with zero attached hydrogens (tertiary/aromatic N) is 4. The Morgan fingerprint density at radius 3 is 2.53 bits per heavy atom. The van der Waals surface area contributed by atoms with E-state index in [0.29, 0.717) is 0 Å². The molecule has 0 saturated carbocycles. The first-order chi connectivity index (χ1) is 14.5. The van der Waals surface area contributed by atoms with Crippen molar-refractivity contribution < 1.29 is 4.74 Å². The number of hydrogen-bond acceptors (Lipinski definition) is 4. The minimum atomic E-state index is 0.251. The molecule has 0 radical (unpaired) electrons. The summed E-state index contributed by atoms with van der Waals surface area (Å²) in [6, 6.07) is 8.89. The molecule has 2 aromatic rings. The predicted octanol–water partition coefficient (Wildman–Crippen LogP) is 2.17. The van der Waals surface area contributed by atoms with Gasteiger partial charge in [-0.15, -0.1) is 0 Å². The molecule has 0 bridgehead atoms. The Labute approximate surface area is 180 Å². The minimum Gasteiger partial charge on any atom is -0.379 e. The van der Waals surface area contributed by atoms with Crippen LogP contribution < -0.4 is 10.6 Å². The molecule has 1 saturated heterocycles. The van der Waals surface area contributed by atoms with Crippen LogP contribution in [0.3, 0.4) is 0 Å². The summed E-state index contributed by atoms with van der Waals surface area (Å²) in [5, 5.41) is 11.5. The van der Waals surface area contributed by atoms with E-state index in [2.05, 4.69) is 70.7 Å². The van der Waals surface area contributed by atoms with Crippen LogP contribution in [0.2, 0.25) is 0 Å². The van der Waals surface area contributed by atoms with Gasteiger partial charge < -0.3 is 15.4 Å². The van der Waals surface area contributed by atoms with Gasteiger partial charge in [-0.05, 0) is 43.9 Å². The first-order valence-electron chi connectivity index (χ1n) is 10.8. The van der Waals surface area contributed by atoms with E-state index in [-0.39, 0.29) is 6.04 Å². The molecule has 3 rings (SSSR count). The lowest BCUT2D eigenvalue weighted by Crippen LogP contribution is -2.43. The lowest BCUT2D eigenvalue weighted by Gasteiger charge is -2.27. The second-order valence-electron chi connectivity index (χ2n) is 8.11. The van der Waals surface area contributed by atoms with Gasteiger partial charge in [0.2, 0.25) is 0 Å². The summed E-state index contributed by atoms with van der Waals surface area (Å²) in [6.07, 6.45) is 0.916. The van der Waals surface area contributed by atoms with E-state index < -0.39 is 0 Å². The molecule has 0 spiro atoms. The maximum Gasteiger partial charge on any atom is 0.191 e. The van der Waals surface area contributed by atoms with Gasteiger partial charge in [-0.25, -0.2) is 0 Å². The number of guanidine groups is 1. The van der Waals surface area contributed by atoms with E-state index in [0.717, 1.165) is 57.5 Å². The summed E-state index contributed by atoms with van der Waals surface area (Å²) in [4.78, 5) is 6.88. The van der Waals surface area contributed by atoms with Gasteiger partial charge in [0.15, 0.2) is 5.96 Å². The molecule has 1 unspecified atom stereocenters. The average Bonchev–Trinajstić information content (AvgIpc) is 2.98. The Kier molecular flexibility index (Phi) is 7.87. The van der Waals surface area contributed by atoms with Crippen LogP contribution >= 0.6 is 0 Å². The number of aryl methyl sites for hydroxylation is 2.